The van der Waals surface area contributed by atoms with E-state index in [9.17, 15) is 15.3 Å². The molecule has 2 rings (SSSR count). The second-order valence-electron chi connectivity index (χ2n) is 4.65. The fraction of sp³-hybridized carbons (Fsp3) is 0.583. The number of anilines is 1. The molecule has 3 atom stereocenters. The number of fused-ring (bicyclic) bond motifs is 1. The maximum atomic E-state index is 9.54. The van der Waals surface area contributed by atoms with Crippen LogP contribution in [-0.4, -0.2) is 67.4 Å². The Morgan fingerprint density at radius 2 is 2.05 bits per heavy atom. The van der Waals surface area contributed by atoms with Crippen molar-refractivity contribution in [3.05, 3.63) is 6.33 Å². The molecule has 0 aliphatic heterocycles. The van der Waals surface area contributed by atoms with Gasteiger partial charge >= 0.3 is 0 Å². The molecular weight excluding hydrogens is 294 g/mol. The third-order valence-electron chi connectivity index (χ3n) is 3.12. The summed E-state index contributed by atoms with van der Waals surface area (Å²) in [6.07, 6.45) is -1.30. The van der Waals surface area contributed by atoms with E-state index in [1.165, 1.54) is 24.9 Å². The lowest BCUT2D eigenvalue weighted by atomic mass is 10.2. The minimum absolute atomic E-state index is 0.0166. The molecule has 2 aromatic rings. The van der Waals surface area contributed by atoms with E-state index in [1.807, 2.05) is 0 Å². The Balaban J connectivity index is 2.41. The van der Waals surface area contributed by atoms with Crippen LogP contribution in [0, 0.1) is 0 Å². The van der Waals surface area contributed by atoms with Crippen LogP contribution in [0.5, 0.6) is 5.88 Å². The molecule has 0 aliphatic carbocycles. The van der Waals surface area contributed by atoms with E-state index in [4.69, 9.17) is 15.2 Å². The van der Waals surface area contributed by atoms with Gasteiger partial charge in [-0.25, -0.2) is 4.98 Å². The van der Waals surface area contributed by atoms with Crippen molar-refractivity contribution < 1.29 is 24.8 Å². The fourth-order valence-corrected chi connectivity index (χ4v) is 1.97. The monoisotopic (exact) mass is 313 g/mol. The van der Waals surface area contributed by atoms with Gasteiger partial charge < -0.3 is 30.5 Å². The summed E-state index contributed by atoms with van der Waals surface area (Å²) in [4.78, 5) is 12.1. The highest BCUT2D eigenvalue weighted by Crippen LogP contribution is 2.25. The van der Waals surface area contributed by atoms with Crippen LogP contribution in [0.25, 0.3) is 11.2 Å². The molecule has 5 N–H and O–H groups in total. The van der Waals surface area contributed by atoms with Crippen molar-refractivity contribution in [2.75, 3.05) is 26.1 Å². The molecule has 0 unspecified atom stereocenters. The fourth-order valence-electron chi connectivity index (χ4n) is 1.97. The SMILES string of the molecule is COc1nc(N)nc2c1ncn2[C@@H](CO)O[C@H](CO)[C@@H](C)O. The number of aliphatic hydroxyl groups excluding tert-OH is 3. The van der Waals surface area contributed by atoms with Crippen LogP contribution in [0.1, 0.15) is 13.2 Å². The first-order chi connectivity index (χ1) is 10.5. The van der Waals surface area contributed by atoms with Crippen molar-refractivity contribution in [2.45, 2.75) is 25.4 Å². The van der Waals surface area contributed by atoms with Crippen molar-refractivity contribution in [3.63, 3.8) is 0 Å². The number of nitrogens with zero attached hydrogens (tertiary/aromatic N) is 4. The van der Waals surface area contributed by atoms with E-state index in [0.29, 0.717) is 11.2 Å². The summed E-state index contributed by atoms with van der Waals surface area (Å²) in [5.74, 6) is 0.184. The molecule has 0 saturated heterocycles. The summed E-state index contributed by atoms with van der Waals surface area (Å²) >= 11 is 0. The van der Waals surface area contributed by atoms with Crippen molar-refractivity contribution >= 4 is 17.1 Å². The van der Waals surface area contributed by atoms with Gasteiger partial charge in [-0.2, -0.15) is 9.97 Å². The first kappa shape index (κ1) is 16.4. The van der Waals surface area contributed by atoms with Crippen molar-refractivity contribution in [1.82, 2.24) is 19.5 Å². The van der Waals surface area contributed by atoms with Crippen LogP contribution in [0.2, 0.25) is 0 Å². The van der Waals surface area contributed by atoms with Gasteiger partial charge in [-0.05, 0) is 6.92 Å². The molecule has 10 nitrogen and oxygen atoms in total. The van der Waals surface area contributed by atoms with Gasteiger partial charge in [0.2, 0.25) is 11.8 Å². The number of nitrogen functional groups attached to an aromatic ring is 1. The predicted octanol–water partition coefficient (Wildman–Crippen LogP) is -1.33. The summed E-state index contributed by atoms with van der Waals surface area (Å²) in [6, 6.07) is 0. The third-order valence-corrected chi connectivity index (χ3v) is 3.12. The Labute approximate surface area is 126 Å². The molecular formula is C12H19N5O5. The lowest BCUT2D eigenvalue weighted by Crippen LogP contribution is -2.34. The van der Waals surface area contributed by atoms with E-state index < -0.39 is 31.6 Å². The van der Waals surface area contributed by atoms with Crippen LogP contribution < -0.4 is 10.5 Å². The number of hydrogen-bond acceptors (Lipinski definition) is 9. The Hall–Kier alpha value is -2.01. The molecule has 2 aromatic heterocycles. The van der Waals surface area contributed by atoms with E-state index in [1.54, 1.807) is 0 Å². The van der Waals surface area contributed by atoms with Gasteiger partial charge in [-0.15, -0.1) is 0 Å². The second-order valence-corrected chi connectivity index (χ2v) is 4.65. The highest BCUT2D eigenvalue weighted by atomic mass is 16.5. The van der Waals surface area contributed by atoms with Crippen molar-refractivity contribution in [2.24, 2.45) is 0 Å². The molecule has 0 saturated carbocycles. The molecule has 0 fully saturated rings. The highest BCUT2D eigenvalue weighted by molar-refractivity contribution is 5.77. The number of rotatable bonds is 7. The average molecular weight is 313 g/mol. The Bertz CT molecular complexity index is 632. The summed E-state index contributed by atoms with van der Waals surface area (Å²) in [6.45, 7) is 0.659. The smallest absolute Gasteiger partial charge is 0.246 e. The molecule has 0 aromatic carbocycles. The van der Waals surface area contributed by atoms with Gasteiger partial charge in [0.1, 0.15) is 6.10 Å². The Morgan fingerprint density at radius 1 is 1.32 bits per heavy atom. The molecule has 122 valence electrons. The average Bonchev–Trinajstić information content (AvgIpc) is 2.91. The van der Waals surface area contributed by atoms with Gasteiger partial charge in [0.05, 0.1) is 32.8 Å². The minimum atomic E-state index is -0.914. The Morgan fingerprint density at radius 3 is 2.59 bits per heavy atom. The zero-order chi connectivity index (χ0) is 16.3. The molecule has 0 aliphatic rings. The largest absolute Gasteiger partial charge is 0.479 e. The predicted molar refractivity (Wildman–Crippen MR) is 76.0 cm³/mol. The highest BCUT2D eigenvalue weighted by Gasteiger charge is 2.24. The summed E-state index contributed by atoms with van der Waals surface area (Å²) in [7, 11) is 1.43. The number of hydrogen-bond donors (Lipinski definition) is 4. The van der Waals surface area contributed by atoms with Crippen LogP contribution in [0.4, 0.5) is 5.95 Å². The Kier molecular flexibility index (Phi) is 5.08. The van der Waals surface area contributed by atoms with Crippen LogP contribution in [0.3, 0.4) is 0 Å². The number of imidazole rings is 1. The zero-order valence-electron chi connectivity index (χ0n) is 12.2. The standard InChI is InChI=1S/C12H19N5O5/c1-6(20)7(3-18)22-8(4-19)17-5-14-9-10(17)15-12(13)16-11(9)21-2/h5-8,18-20H,3-4H2,1-2H3,(H2,13,15,16)/t6-,7-,8-/m1/s1. The number of methoxy groups -OCH3 is 1. The minimum Gasteiger partial charge on any atom is -0.479 e. The number of nitrogens with two attached hydrogens (primary N) is 1. The molecule has 2 heterocycles. The van der Waals surface area contributed by atoms with Crippen molar-refractivity contribution in [3.8, 4) is 5.88 Å². The third kappa shape index (κ3) is 3.09. The zero-order valence-corrected chi connectivity index (χ0v) is 12.2. The lowest BCUT2D eigenvalue weighted by molar-refractivity contribution is -0.131. The van der Waals surface area contributed by atoms with Gasteiger partial charge in [0.15, 0.2) is 17.4 Å². The number of ether oxygens (including phenoxy) is 2. The van der Waals surface area contributed by atoms with Crippen LogP contribution in [0.15, 0.2) is 6.33 Å². The van der Waals surface area contributed by atoms with Crippen molar-refractivity contribution in [1.29, 1.82) is 0 Å². The van der Waals surface area contributed by atoms with Crippen LogP contribution in [-0.2, 0) is 4.74 Å². The summed E-state index contributed by atoms with van der Waals surface area (Å²) < 4.78 is 12.0. The molecule has 0 amide bonds. The number of aromatic nitrogens is 4. The maximum absolute atomic E-state index is 9.54. The second kappa shape index (κ2) is 6.83. The lowest BCUT2D eigenvalue weighted by Gasteiger charge is -2.25. The molecule has 0 spiro atoms. The summed E-state index contributed by atoms with van der Waals surface area (Å²) in [5, 5.41) is 28.3. The molecule has 0 bridgehead atoms. The maximum Gasteiger partial charge on any atom is 0.246 e. The normalized spacial score (nSPS) is 15.7. The molecule has 10 heteroatoms. The van der Waals surface area contributed by atoms with E-state index in [-0.39, 0.29) is 11.8 Å². The quantitative estimate of drug-likeness (QED) is 0.487. The van der Waals surface area contributed by atoms with Gasteiger partial charge in [0.25, 0.3) is 0 Å². The summed E-state index contributed by atoms with van der Waals surface area (Å²) in [5.41, 5.74) is 6.29. The van der Waals surface area contributed by atoms with E-state index >= 15 is 0 Å². The van der Waals surface area contributed by atoms with E-state index in [0.717, 1.165) is 0 Å². The molecule has 22 heavy (non-hydrogen) atoms. The molecule has 0 radical (unpaired) electrons. The van der Waals surface area contributed by atoms with Gasteiger partial charge in [-0.1, -0.05) is 0 Å². The van der Waals surface area contributed by atoms with Gasteiger partial charge in [-0.3, -0.25) is 4.57 Å². The van der Waals surface area contributed by atoms with E-state index in [2.05, 4.69) is 15.0 Å². The number of aliphatic hydroxyl groups is 3. The van der Waals surface area contributed by atoms with Gasteiger partial charge in [0, 0.05) is 0 Å². The topological polar surface area (TPSA) is 149 Å². The van der Waals surface area contributed by atoms with Crippen LogP contribution >= 0.6 is 0 Å². The first-order valence-corrected chi connectivity index (χ1v) is 6.61. The first-order valence-electron chi connectivity index (χ1n) is 6.61.